The van der Waals surface area contributed by atoms with Crippen LogP contribution >= 0.6 is 0 Å². The van der Waals surface area contributed by atoms with Gasteiger partial charge in [0.25, 0.3) is 0 Å². The fourth-order valence-corrected chi connectivity index (χ4v) is 5.16. The first-order chi connectivity index (χ1) is 17.0. The minimum Gasteiger partial charge on any atom is -0.207 e. The zero-order chi connectivity index (χ0) is 26.2. The Labute approximate surface area is 206 Å². The van der Waals surface area contributed by atoms with Gasteiger partial charge in [0.1, 0.15) is 23.3 Å². The molecule has 0 spiro atoms. The summed E-state index contributed by atoms with van der Waals surface area (Å²) in [5.74, 6) is -5.52. The summed E-state index contributed by atoms with van der Waals surface area (Å²) in [4.78, 5) is 0. The largest absolute Gasteiger partial charge is 0.395 e. The molecule has 0 heterocycles. The smallest absolute Gasteiger partial charge is 0.207 e. The van der Waals surface area contributed by atoms with Crippen molar-refractivity contribution in [3.8, 4) is 22.3 Å². The first kappa shape index (κ1) is 26.2. The molecule has 1 saturated carbocycles. The van der Waals surface area contributed by atoms with E-state index in [2.05, 4.69) is 6.92 Å². The first-order valence-electron chi connectivity index (χ1n) is 12.1. The van der Waals surface area contributed by atoms with E-state index in [-0.39, 0.29) is 22.3 Å². The van der Waals surface area contributed by atoms with E-state index in [9.17, 15) is 30.7 Å². The van der Waals surface area contributed by atoms with E-state index in [1.165, 1.54) is 18.2 Å². The summed E-state index contributed by atoms with van der Waals surface area (Å²) < 4.78 is 97.7. The molecule has 0 saturated heterocycles. The molecule has 1 aliphatic rings. The summed E-state index contributed by atoms with van der Waals surface area (Å²) in [6.45, 7) is 2.84. The van der Waals surface area contributed by atoms with Gasteiger partial charge in [0, 0.05) is 16.7 Å². The number of hydrogen-bond acceptors (Lipinski definition) is 0. The molecule has 0 amide bonds. The number of rotatable bonds is 5. The van der Waals surface area contributed by atoms with Crippen molar-refractivity contribution in [2.24, 2.45) is 5.92 Å². The fraction of sp³-hybridized carbons (Fsp3) is 0.379. The first-order valence-corrected chi connectivity index (χ1v) is 12.1. The molecule has 192 valence electrons. The van der Waals surface area contributed by atoms with Gasteiger partial charge in [0.2, 0.25) is 0 Å². The Kier molecular flexibility index (Phi) is 7.48. The van der Waals surface area contributed by atoms with Crippen LogP contribution in [0.4, 0.5) is 30.7 Å². The van der Waals surface area contributed by atoms with Gasteiger partial charge in [-0.2, -0.15) is 13.2 Å². The summed E-state index contributed by atoms with van der Waals surface area (Å²) in [6, 6.07) is 10.0. The summed E-state index contributed by atoms with van der Waals surface area (Å²) in [5.41, 5.74) is -0.204. The number of hydrogen-bond donors (Lipinski definition) is 0. The van der Waals surface area contributed by atoms with Crippen molar-refractivity contribution in [3.05, 3.63) is 82.9 Å². The maximum Gasteiger partial charge on any atom is 0.395 e. The number of benzene rings is 3. The summed E-state index contributed by atoms with van der Waals surface area (Å²) in [7, 11) is 0. The highest BCUT2D eigenvalue weighted by Crippen LogP contribution is 2.40. The second-order valence-corrected chi connectivity index (χ2v) is 9.68. The van der Waals surface area contributed by atoms with E-state index in [4.69, 9.17) is 0 Å². The van der Waals surface area contributed by atoms with Crippen molar-refractivity contribution in [2.45, 2.75) is 64.0 Å². The molecule has 0 aromatic heterocycles. The standard InChI is InChI=1S/C29H27F7/c1-3-17-4-6-18(7-5-17)19-8-10-22(24(30)12-19)20-9-11-23(25(31)13-20)21-14-26(32)28(27(33)15-21)16(2)29(34,35)36/h8-18H,3-7H2,1-2H3. The van der Waals surface area contributed by atoms with Crippen molar-refractivity contribution in [3.63, 3.8) is 0 Å². The predicted octanol–water partition coefficient (Wildman–Crippen LogP) is 9.93. The minimum absolute atomic E-state index is 0.193. The van der Waals surface area contributed by atoms with Crippen LogP contribution in [0.3, 0.4) is 0 Å². The Balaban J connectivity index is 1.60. The Morgan fingerprint density at radius 2 is 1.25 bits per heavy atom. The molecule has 4 rings (SSSR count). The van der Waals surface area contributed by atoms with Gasteiger partial charge in [-0.05, 0) is 85.4 Å². The van der Waals surface area contributed by atoms with Crippen LogP contribution in [0.15, 0.2) is 48.5 Å². The van der Waals surface area contributed by atoms with Crippen LogP contribution in [0.1, 0.15) is 68.9 Å². The van der Waals surface area contributed by atoms with Gasteiger partial charge in [0.15, 0.2) is 0 Å². The molecule has 0 N–H and O–H groups in total. The Bertz CT molecular complexity index is 1210. The quantitative estimate of drug-likeness (QED) is 0.301. The molecule has 1 fully saturated rings. The number of alkyl halides is 3. The van der Waals surface area contributed by atoms with Crippen molar-refractivity contribution < 1.29 is 30.7 Å². The maximum atomic E-state index is 15.0. The second-order valence-electron chi connectivity index (χ2n) is 9.68. The second kappa shape index (κ2) is 10.3. The van der Waals surface area contributed by atoms with Crippen LogP contribution in [-0.4, -0.2) is 6.18 Å². The lowest BCUT2D eigenvalue weighted by molar-refractivity contribution is -0.147. The van der Waals surface area contributed by atoms with Crippen LogP contribution in [0, 0.1) is 29.2 Å². The highest BCUT2D eigenvalue weighted by molar-refractivity contribution is 5.72. The van der Waals surface area contributed by atoms with E-state index in [0.717, 1.165) is 49.7 Å². The molecule has 1 atom stereocenters. The predicted molar refractivity (Wildman–Crippen MR) is 127 cm³/mol. The minimum atomic E-state index is -4.83. The highest BCUT2D eigenvalue weighted by Gasteiger charge is 2.40. The van der Waals surface area contributed by atoms with E-state index in [0.29, 0.717) is 25.0 Å². The van der Waals surface area contributed by atoms with Gasteiger partial charge in [-0.25, -0.2) is 17.6 Å². The van der Waals surface area contributed by atoms with Gasteiger partial charge < -0.3 is 0 Å². The molecule has 7 heteroatoms. The fourth-order valence-electron chi connectivity index (χ4n) is 5.16. The lowest BCUT2D eigenvalue weighted by atomic mass is 9.77. The van der Waals surface area contributed by atoms with Gasteiger partial charge in [-0.1, -0.05) is 37.6 Å². The molecule has 0 bridgehead atoms. The van der Waals surface area contributed by atoms with Crippen LogP contribution in [0.5, 0.6) is 0 Å². The maximum absolute atomic E-state index is 15.0. The SMILES string of the molecule is CCC1CCC(c2ccc(-c3ccc(-c4cc(F)c(C(C)C(F)(F)F)c(F)c4)c(F)c3)c(F)c2)CC1. The third-order valence-corrected chi connectivity index (χ3v) is 7.48. The van der Waals surface area contributed by atoms with Crippen LogP contribution in [0.2, 0.25) is 0 Å². The van der Waals surface area contributed by atoms with Gasteiger partial charge in [0.05, 0.1) is 5.92 Å². The van der Waals surface area contributed by atoms with Crippen molar-refractivity contribution >= 4 is 0 Å². The monoisotopic (exact) mass is 508 g/mol. The lowest BCUT2D eigenvalue weighted by Gasteiger charge is -2.28. The Morgan fingerprint density at radius 3 is 1.78 bits per heavy atom. The van der Waals surface area contributed by atoms with Gasteiger partial charge in [-0.3, -0.25) is 0 Å². The number of halogens is 7. The molecule has 1 aliphatic carbocycles. The molecule has 0 radical (unpaired) electrons. The summed E-state index contributed by atoms with van der Waals surface area (Å²) in [5, 5.41) is 0. The summed E-state index contributed by atoms with van der Waals surface area (Å²) in [6.07, 6.45) is 0.577. The zero-order valence-electron chi connectivity index (χ0n) is 20.0. The van der Waals surface area contributed by atoms with Gasteiger partial charge in [-0.15, -0.1) is 0 Å². The molecular formula is C29H27F7. The highest BCUT2D eigenvalue weighted by atomic mass is 19.4. The lowest BCUT2D eigenvalue weighted by Crippen LogP contribution is -2.20. The zero-order valence-corrected chi connectivity index (χ0v) is 20.0. The average Bonchev–Trinajstić information content (AvgIpc) is 2.83. The average molecular weight is 509 g/mol. The van der Waals surface area contributed by atoms with E-state index >= 15 is 0 Å². The summed E-state index contributed by atoms with van der Waals surface area (Å²) >= 11 is 0. The van der Waals surface area contributed by atoms with Crippen molar-refractivity contribution in [1.82, 2.24) is 0 Å². The van der Waals surface area contributed by atoms with Crippen molar-refractivity contribution in [1.29, 1.82) is 0 Å². The van der Waals surface area contributed by atoms with Crippen molar-refractivity contribution in [2.75, 3.05) is 0 Å². The molecule has 0 nitrogen and oxygen atoms in total. The van der Waals surface area contributed by atoms with E-state index in [1.807, 2.05) is 6.07 Å². The molecule has 36 heavy (non-hydrogen) atoms. The molecular weight excluding hydrogens is 481 g/mol. The molecule has 1 unspecified atom stereocenters. The van der Waals surface area contributed by atoms with Gasteiger partial charge >= 0.3 is 6.18 Å². The van der Waals surface area contributed by atoms with E-state index in [1.54, 1.807) is 6.07 Å². The van der Waals surface area contributed by atoms with Crippen LogP contribution in [0.25, 0.3) is 22.3 Å². The third-order valence-electron chi connectivity index (χ3n) is 7.48. The van der Waals surface area contributed by atoms with Crippen LogP contribution in [-0.2, 0) is 0 Å². The Morgan fingerprint density at radius 1 is 0.722 bits per heavy atom. The third kappa shape index (κ3) is 5.30. The topological polar surface area (TPSA) is 0 Å². The normalized spacial score (nSPS) is 19.4. The molecule has 3 aromatic rings. The Hall–Kier alpha value is -2.83. The molecule has 3 aromatic carbocycles. The van der Waals surface area contributed by atoms with Crippen LogP contribution < -0.4 is 0 Å². The van der Waals surface area contributed by atoms with E-state index < -0.39 is 40.9 Å². The molecule has 0 aliphatic heterocycles.